The molecule has 0 bridgehead atoms. The van der Waals surface area contributed by atoms with Crippen molar-refractivity contribution >= 4 is 11.4 Å². The molecule has 5 heteroatoms. The zero-order chi connectivity index (χ0) is 14.6. The maximum Gasteiger partial charge on any atom is 0.295 e. The molecule has 0 radical (unpaired) electrons. The van der Waals surface area contributed by atoms with Crippen molar-refractivity contribution in [2.24, 2.45) is 5.41 Å². The van der Waals surface area contributed by atoms with E-state index in [-0.39, 0.29) is 22.6 Å². The summed E-state index contributed by atoms with van der Waals surface area (Å²) in [5.41, 5.74) is 1.21. The number of hydrogen-bond acceptors (Lipinski definition) is 4. The third-order valence-corrected chi connectivity index (χ3v) is 4.32. The minimum absolute atomic E-state index is 0.129. The third kappa shape index (κ3) is 3.10. The van der Waals surface area contributed by atoms with E-state index in [1.165, 1.54) is 6.42 Å². The lowest BCUT2D eigenvalue weighted by molar-refractivity contribution is -0.384. The molecule has 0 aromatic heterocycles. The summed E-state index contributed by atoms with van der Waals surface area (Å²) < 4.78 is 0. The molecule has 1 aromatic carbocycles. The van der Waals surface area contributed by atoms with Crippen molar-refractivity contribution in [3.05, 3.63) is 33.9 Å². The lowest BCUT2D eigenvalue weighted by atomic mass is 9.74. The number of nitro benzene ring substituents is 1. The fourth-order valence-electron chi connectivity index (χ4n) is 3.02. The number of hydrogen-bond donors (Lipinski definition) is 2. The normalized spacial score (nSPS) is 17.7. The Balaban J connectivity index is 2.14. The summed E-state index contributed by atoms with van der Waals surface area (Å²) in [4.78, 5) is 10.8. The maximum atomic E-state index is 11.2. The van der Waals surface area contributed by atoms with Gasteiger partial charge in [0.15, 0.2) is 0 Å². The summed E-state index contributed by atoms with van der Waals surface area (Å²) in [6.45, 7) is 2.47. The van der Waals surface area contributed by atoms with Gasteiger partial charge in [-0.3, -0.25) is 10.1 Å². The van der Waals surface area contributed by atoms with Crippen molar-refractivity contribution in [1.82, 2.24) is 0 Å². The van der Waals surface area contributed by atoms with Crippen LogP contribution in [0.15, 0.2) is 18.2 Å². The van der Waals surface area contributed by atoms with Gasteiger partial charge in [0.05, 0.1) is 11.5 Å². The minimum atomic E-state index is -0.343. The van der Waals surface area contributed by atoms with E-state index in [0.29, 0.717) is 17.8 Å². The second kappa shape index (κ2) is 6.22. The molecule has 110 valence electrons. The second-order valence-electron chi connectivity index (χ2n) is 5.80. The summed E-state index contributed by atoms with van der Waals surface area (Å²) in [6.07, 6.45) is 5.43. The highest BCUT2D eigenvalue weighted by Crippen LogP contribution is 2.37. The fourth-order valence-corrected chi connectivity index (χ4v) is 3.02. The number of rotatable bonds is 5. The number of nitro groups is 1. The van der Waals surface area contributed by atoms with Crippen LogP contribution in [0.3, 0.4) is 0 Å². The summed E-state index contributed by atoms with van der Waals surface area (Å²) in [5, 5.41) is 24.0. The Morgan fingerprint density at radius 3 is 2.65 bits per heavy atom. The van der Waals surface area contributed by atoms with Gasteiger partial charge < -0.3 is 10.4 Å². The fraction of sp³-hybridized carbons (Fsp3) is 0.600. The van der Waals surface area contributed by atoms with Gasteiger partial charge in [-0.2, -0.15) is 0 Å². The Bertz CT molecular complexity index is 482. The second-order valence-corrected chi connectivity index (χ2v) is 5.80. The summed E-state index contributed by atoms with van der Waals surface area (Å²) in [7, 11) is 0. The van der Waals surface area contributed by atoms with E-state index in [1.807, 2.05) is 6.07 Å². The summed E-state index contributed by atoms with van der Waals surface area (Å²) >= 11 is 0. The van der Waals surface area contributed by atoms with Crippen LogP contribution in [-0.2, 0) is 0 Å². The zero-order valence-electron chi connectivity index (χ0n) is 11.9. The molecule has 2 rings (SSSR count). The van der Waals surface area contributed by atoms with Crippen LogP contribution >= 0.6 is 0 Å². The first-order valence-corrected chi connectivity index (χ1v) is 7.17. The van der Waals surface area contributed by atoms with Gasteiger partial charge in [0.25, 0.3) is 5.69 Å². The SMILES string of the molecule is Cc1cccc(NCC2(CO)CCCCC2)c1[N+](=O)[O-]. The predicted molar refractivity (Wildman–Crippen MR) is 78.9 cm³/mol. The van der Waals surface area contributed by atoms with Gasteiger partial charge in [-0.15, -0.1) is 0 Å². The van der Waals surface area contributed by atoms with Crippen LogP contribution in [0.25, 0.3) is 0 Å². The van der Waals surface area contributed by atoms with Gasteiger partial charge in [-0.25, -0.2) is 0 Å². The molecule has 5 nitrogen and oxygen atoms in total. The number of benzene rings is 1. The average molecular weight is 278 g/mol. The van der Waals surface area contributed by atoms with Crippen molar-refractivity contribution in [3.8, 4) is 0 Å². The number of nitrogens with zero attached hydrogens (tertiary/aromatic N) is 1. The molecule has 0 unspecified atom stereocenters. The number of nitrogens with one attached hydrogen (secondary N) is 1. The lowest BCUT2D eigenvalue weighted by Crippen LogP contribution is -2.35. The molecule has 0 atom stereocenters. The molecule has 1 aromatic rings. The average Bonchev–Trinajstić information content (AvgIpc) is 2.45. The molecule has 0 amide bonds. The zero-order valence-corrected chi connectivity index (χ0v) is 11.9. The first-order chi connectivity index (χ1) is 9.58. The van der Waals surface area contributed by atoms with Crippen molar-refractivity contribution in [1.29, 1.82) is 0 Å². The van der Waals surface area contributed by atoms with Gasteiger partial charge in [-0.1, -0.05) is 31.4 Å². The Hall–Kier alpha value is -1.62. The van der Waals surface area contributed by atoms with Gasteiger partial charge in [-0.05, 0) is 25.8 Å². The number of para-hydroxylation sites is 1. The molecule has 0 aliphatic heterocycles. The maximum absolute atomic E-state index is 11.2. The minimum Gasteiger partial charge on any atom is -0.396 e. The smallest absolute Gasteiger partial charge is 0.295 e. The number of aryl methyl sites for hydroxylation is 1. The van der Waals surface area contributed by atoms with Gasteiger partial charge in [0.2, 0.25) is 0 Å². The number of aliphatic hydroxyl groups excluding tert-OH is 1. The molecule has 1 aliphatic rings. The van der Waals surface area contributed by atoms with E-state index in [4.69, 9.17) is 0 Å². The standard InChI is InChI=1S/C15H22N2O3/c1-12-6-5-7-13(14(12)17(19)20)16-10-15(11-18)8-3-2-4-9-15/h5-7,16,18H,2-4,8-11H2,1H3. The third-order valence-electron chi connectivity index (χ3n) is 4.32. The van der Waals surface area contributed by atoms with E-state index in [2.05, 4.69) is 5.32 Å². The van der Waals surface area contributed by atoms with E-state index in [0.717, 1.165) is 25.7 Å². The van der Waals surface area contributed by atoms with Gasteiger partial charge in [0, 0.05) is 17.5 Å². The first-order valence-electron chi connectivity index (χ1n) is 7.17. The van der Waals surface area contributed by atoms with Crippen LogP contribution < -0.4 is 5.32 Å². The molecular formula is C15H22N2O3. The predicted octanol–water partition coefficient (Wildman–Crippen LogP) is 3.26. The van der Waals surface area contributed by atoms with Crippen LogP contribution in [0.1, 0.15) is 37.7 Å². The molecule has 0 saturated heterocycles. The summed E-state index contributed by atoms with van der Waals surface area (Å²) in [5.74, 6) is 0. The molecule has 0 spiro atoms. The van der Waals surface area contributed by atoms with Crippen molar-refractivity contribution in [2.75, 3.05) is 18.5 Å². The van der Waals surface area contributed by atoms with Crippen LogP contribution in [-0.4, -0.2) is 23.2 Å². The van der Waals surface area contributed by atoms with Gasteiger partial charge >= 0.3 is 0 Å². The molecular weight excluding hydrogens is 256 g/mol. The monoisotopic (exact) mass is 278 g/mol. The van der Waals surface area contributed by atoms with Crippen LogP contribution in [0, 0.1) is 22.5 Å². The van der Waals surface area contributed by atoms with E-state index < -0.39 is 0 Å². The number of aliphatic hydroxyl groups is 1. The highest BCUT2D eigenvalue weighted by molar-refractivity contribution is 5.65. The van der Waals surface area contributed by atoms with Crippen molar-refractivity contribution in [3.63, 3.8) is 0 Å². The van der Waals surface area contributed by atoms with E-state index in [9.17, 15) is 15.2 Å². The molecule has 1 saturated carbocycles. The molecule has 0 heterocycles. The molecule has 1 aliphatic carbocycles. The van der Waals surface area contributed by atoms with Crippen LogP contribution in [0.4, 0.5) is 11.4 Å². The van der Waals surface area contributed by atoms with Crippen LogP contribution in [0.2, 0.25) is 0 Å². The highest BCUT2D eigenvalue weighted by Gasteiger charge is 2.31. The Labute approximate surface area is 119 Å². The largest absolute Gasteiger partial charge is 0.396 e. The Kier molecular flexibility index (Phi) is 4.60. The van der Waals surface area contributed by atoms with Crippen LogP contribution in [0.5, 0.6) is 0 Å². The Morgan fingerprint density at radius 2 is 2.05 bits per heavy atom. The molecule has 20 heavy (non-hydrogen) atoms. The number of anilines is 1. The molecule has 2 N–H and O–H groups in total. The van der Waals surface area contributed by atoms with Crippen molar-refractivity contribution < 1.29 is 10.0 Å². The van der Waals surface area contributed by atoms with E-state index in [1.54, 1.807) is 19.1 Å². The Morgan fingerprint density at radius 1 is 1.35 bits per heavy atom. The lowest BCUT2D eigenvalue weighted by Gasteiger charge is -2.36. The van der Waals surface area contributed by atoms with Gasteiger partial charge in [0.1, 0.15) is 5.69 Å². The van der Waals surface area contributed by atoms with Crippen molar-refractivity contribution in [2.45, 2.75) is 39.0 Å². The van der Waals surface area contributed by atoms with E-state index >= 15 is 0 Å². The quantitative estimate of drug-likeness (QED) is 0.640. The topological polar surface area (TPSA) is 75.4 Å². The first kappa shape index (κ1) is 14.8. The summed E-state index contributed by atoms with van der Waals surface area (Å²) in [6, 6.07) is 5.29. The highest BCUT2D eigenvalue weighted by atomic mass is 16.6. The molecule has 1 fully saturated rings.